The van der Waals surface area contributed by atoms with Crippen LogP contribution in [0.2, 0.25) is 10.0 Å². The Bertz CT molecular complexity index is 1770. The standard InChI is InChI=1S/C28H22Cl2N2O5S/c1-4-36-27(34)24-15(2)31-28-32(25(24)18-7-5-6-8-22(18)35-3)26(33)23(38-28)14-17-10-12-21(37-17)16-9-11-19(29)20(30)13-16/h5-14,25H,4H2,1-3H3/b23-14+/t25-/m1/s1. The normalized spacial score (nSPS) is 15.3. The largest absolute Gasteiger partial charge is 0.496 e. The summed E-state index contributed by atoms with van der Waals surface area (Å²) in [7, 11) is 1.55. The fraction of sp³-hybridized carbons (Fsp3) is 0.179. The van der Waals surface area contributed by atoms with Gasteiger partial charge in [-0.25, -0.2) is 9.79 Å². The van der Waals surface area contributed by atoms with Crippen LogP contribution in [0.1, 0.15) is 31.2 Å². The van der Waals surface area contributed by atoms with Crippen LogP contribution in [0.3, 0.4) is 0 Å². The van der Waals surface area contributed by atoms with Crippen LogP contribution in [-0.2, 0) is 9.53 Å². The predicted molar refractivity (Wildman–Crippen MR) is 148 cm³/mol. The number of rotatable bonds is 6. The second-order valence-electron chi connectivity index (χ2n) is 8.38. The highest BCUT2D eigenvalue weighted by molar-refractivity contribution is 7.07. The molecule has 2 aromatic heterocycles. The minimum atomic E-state index is -0.771. The number of carbonyl (C=O) groups is 1. The van der Waals surface area contributed by atoms with E-state index in [1.54, 1.807) is 63.4 Å². The number of fused-ring (bicyclic) bond motifs is 1. The van der Waals surface area contributed by atoms with Crippen LogP contribution in [0, 0.1) is 0 Å². The number of para-hydroxylation sites is 1. The highest BCUT2D eigenvalue weighted by atomic mass is 35.5. The monoisotopic (exact) mass is 568 g/mol. The average molecular weight is 569 g/mol. The van der Waals surface area contributed by atoms with Crippen LogP contribution in [-0.4, -0.2) is 24.3 Å². The summed E-state index contributed by atoms with van der Waals surface area (Å²) in [5, 5.41) is 0.866. The summed E-state index contributed by atoms with van der Waals surface area (Å²) < 4.78 is 18.8. The number of nitrogens with zero attached hydrogens (tertiary/aromatic N) is 2. The second-order valence-corrected chi connectivity index (χ2v) is 10.2. The number of carbonyl (C=O) groups excluding carboxylic acids is 1. The summed E-state index contributed by atoms with van der Waals surface area (Å²) in [6, 6.07) is 15.3. The van der Waals surface area contributed by atoms with Gasteiger partial charge in [-0.1, -0.05) is 52.7 Å². The smallest absolute Gasteiger partial charge is 0.338 e. The molecule has 0 saturated carbocycles. The third-order valence-corrected chi connectivity index (χ3v) is 7.78. The van der Waals surface area contributed by atoms with Crippen molar-refractivity contribution in [1.82, 2.24) is 4.57 Å². The van der Waals surface area contributed by atoms with Crippen molar-refractivity contribution < 1.29 is 18.7 Å². The Balaban J connectivity index is 1.65. The van der Waals surface area contributed by atoms with E-state index < -0.39 is 12.0 Å². The van der Waals surface area contributed by atoms with Gasteiger partial charge < -0.3 is 13.9 Å². The first kappa shape index (κ1) is 26.0. The van der Waals surface area contributed by atoms with Gasteiger partial charge in [0.15, 0.2) is 4.80 Å². The molecular weight excluding hydrogens is 547 g/mol. The molecule has 3 heterocycles. The van der Waals surface area contributed by atoms with E-state index in [0.29, 0.717) is 47.9 Å². The van der Waals surface area contributed by atoms with Crippen LogP contribution in [0.15, 0.2) is 80.1 Å². The maximum atomic E-state index is 13.8. The zero-order valence-electron chi connectivity index (χ0n) is 20.7. The molecule has 10 heteroatoms. The lowest BCUT2D eigenvalue weighted by Crippen LogP contribution is -2.40. The molecule has 5 rings (SSSR count). The lowest BCUT2D eigenvalue weighted by atomic mass is 9.95. The van der Waals surface area contributed by atoms with Gasteiger partial charge >= 0.3 is 5.97 Å². The van der Waals surface area contributed by atoms with Gasteiger partial charge in [-0.3, -0.25) is 9.36 Å². The number of aromatic nitrogens is 1. The van der Waals surface area contributed by atoms with Gasteiger partial charge in [0.05, 0.1) is 39.6 Å². The van der Waals surface area contributed by atoms with Crippen LogP contribution >= 0.6 is 34.5 Å². The topological polar surface area (TPSA) is 83.0 Å². The Morgan fingerprint density at radius 1 is 1.16 bits per heavy atom. The minimum Gasteiger partial charge on any atom is -0.496 e. The van der Waals surface area contributed by atoms with E-state index in [9.17, 15) is 9.59 Å². The number of benzene rings is 2. The Hall–Kier alpha value is -3.59. The first-order valence-corrected chi connectivity index (χ1v) is 13.3. The Kier molecular flexibility index (Phi) is 7.29. The zero-order valence-corrected chi connectivity index (χ0v) is 23.0. The fourth-order valence-electron chi connectivity index (χ4n) is 4.34. The first-order chi connectivity index (χ1) is 18.3. The zero-order chi connectivity index (χ0) is 27.0. The number of hydrogen-bond acceptors (Lipinski definition) is 7. The number of ether oxygens (including phenoxy) is 2. The molecule has 1 aliphatic heterocycles. The highest BCUT2D eigenvalue weighted by Crippen LogP contribution is 2.35. The molecule has 0 unspecified atom stereocenters. The van der Waals surface area contributed by atoms with E-state index in [1.807, 2.05) is 18.2 Å². The SMILES string of the molecule is CCOC(=O)C1=C(C)N=c2s/c(=C/c3ccc(-c4ccc(Cl)c(Cl)c4)o3)c(=O)n2[C@@H]1c1ccccc1OC. The highest BCUT2D eigenvalue weighted by Gasteiger charge is 2.35. The number of allylic oxidation sites excluding steroid dienone is 1. The van der Waals surface area contributed by atoms with Gasteiger partial charge in [-0.2, -0.15) is 0 Å². The molecule has 1 atom stereocenters. The number of halogens is 2. The van der Waals surface area contributed by atoms with Gasteiger partial charge in [0.1, 0.15) is 23.3 Å². The van der Waals surface area contributed by atoms with Crippen molar-refractivity contribution in [3.05, 3.63) is 107 Å². The van der Waals surface area contributed by atoms with E-state index in [4.69, 9.17) is 37.1 Å². The van der Waals surface area contributed by atoms with E-state index in [-0.39, 0.29) is 17.7 Å². The maximum Gasteiger partial charge on any atom is 0.338 e. The fourth-order valence-corrected chi connectivity index (χ4v) is 5.67. The van der Waals surface area contributed by atoms with Crippen molar-refractivity contribution in [3.63, 3.8) is 0 Å². The van der Waals surface area contributed by atoms with Gasteiger partial charge in [0, 0.05) is 17.2 Å². The van der Waals surface area contributed by atoms with Crippen LogP contribution in [0.25, 0.3) is 17.4 Å². The molecule has 0 saturated heterocycles. The van der Waals surface area contributed by atoms with Crippen molar-refractivity contribution in [3.8, 4) is 17.1 Å². The van der Waals surface area contributed by atoms with Crippen molar-refractivity contribution in [2.24, 2.45) is 4.99 Å². The molecule has 0 fully saturated rings. The molecule has 0 aliphatic carbocycles. The summed E-state index contributed by atoms with van der Waals surface area (Å²) in [4.78, 5) is 31.9. The third-order valence-electron chi connectivity index (χ3n) is 6.05. The minimum absolute atomic E-state index is 0.193. The summed E-state index contributed by atoms with van der Waals surface area (Å²) in [5.41, 5.74) is 1.86. The number of esters is 1. The van der Waals surface area contributed by atoms with E-state index in [2.05, 4.69) is 4.99 Å². The molecule has 194 valence electrons. The van der Waals surface area contributed by atoms with E-state index >= 15 is 0 Å². The predicted octanol–water partition coefficient (Wildman–Crippen LogP) is 5.37. The molecule has 38 heavy (non-hydrogen) atoms. The third kappa shape index (κ3) is 4.71. The lowest BCUT2D eigenvalue weighted by Gasteiger charge is -2.25. The van der Waals surface area contributed by atoms with E-state index in [0.717, 1.165) is 5.56 Å². The van der Waals surface area contributed by atoms with Crippen molar-refractivity contribution in [2.75, 3.05) is 13.7 Å². The molecule has 0 spiro atoms. The first-order valence-electron chi connectivity index (χ1n) is 11.7. The Morgan fingerprint density at radius 3 is 2.68 bits per heavy atom. The van der Waals surface area contributed by atoms with E-state index in [1.165, 1.54) is 15.9 Å². The van der Waals surface area contributed by atoms with Gasteiger partial charge in [-0.05, 0) is 50.2 Å². The Morgan fingerprint density at radius 2 is 1.95 bits per heavy atom. The quantitative estimate of drug-likeness (QED) is 0.292. The number of furan rings is 1. The summed E-state index contributed by atoms with van der Waals surface area (Å²) in [6.07, 6.45) is 1.66. The maximum absolute atomic E-state index is 13.8. The van der Waals surface area contributed by atoms with Gasteiger partial charge in [0.25, 0.3) is 5.56 Å². The summed E-state index contributed by atoms with van der Waals surface area (Å²) >= 11 is 13.4. The molecule has 0 amide bonds. The van der Waals surface area contributed by atoms with Crippen molar-refractivity contribution >= 4 is 46.6 Å². The summed E-state index contributed by atoms with van der Waals surface area (Å²) in [5.74, 6) is 1.07. The molecule has 1 aliphatic rings. The van der Waals surface area contributed by atoms with Crippen molar-refractivity contribution in [2.45, 2.75) is 19.9 Å². The molecule has 0 N–H and O–H groups in total. The Labute approximate surface area is 231 Å². The second kappa shape index (κ2) is 10.6. The van der Waals surface area contributed by atoms with Crippen LogP contribution < -0.4 is 19.6 Å². The molecular formula is C28H22Cl2N2O5S. The molecule has 7 nitrogen and oxygen atoms in total. The molecule has 4 aromatic rings. The molecule has 0 radical (unpaired) electrons. The van der Waals surface area contributed by atoms with Crippen molar-refractivity contribution in [1.29, 1.82) is 0 Å². The average Bonchev–Trinajstić information content (AvgIpc) is 3.49. The van der Waals surface area contributed by atoms with Crippen LogP contribution in [0.5, 0.6) is 5.75 Å². The number of hydrogen-bond donors (Lipinski definition) is 0. The number of methoxy groups -OCH3 is 1. The number of thiazole rings is 1. The molecule has 2 aromatic carbocycles. The molecule has 0 bridgehead atoms. The summed E-state index contributed by atoms with van der Waals surface area (Å²) in [6.45, 7) is 3.66. The van der Waals surface area contributed by atoms with Gasteiger partial charge in [0.2, 0.25) is 0 Å². The van der Waals surface area contributed by atoms with Gasteiger partial charge in [-0.15, -0.1) is 0 Å². The van der Waals surface area contributed by atoms with Crippen LogP contribution in [0.4, 0.5) is 0 Å². The lowest BCUT2D eigenvalue weighted by molar-refractivity contribution is -0.139.